The van der Waals surface area contributed by atoms with Crippen LogP contribution in [0.25, 0.3) is 22.7 Å². The van der Waals surface area contributed by atoms with Crippen molar-refractivity contribution in [2.45, 2.75) is 6.92 Å². The number of benzene rings is 1. The topological polar surface area (TPSA) is 139 Å². The number of fused-ring (bicyclic) bond motifs is 1. The molecule has 3 aromatic rings. The van der Waals surface area contributed by atoms with Gasteiger partial charge in [-0.2, -0.15) is 4.98 Å². The molecule has 0 aliphatic rings. The number of hydrogen-bond acceptors (Lipinski definition) is 7. The van der Waals surface area contributed by atoms with Crippen LogP contribution in [0.4, 0.5) is 0 Å². The standard InChI is InChI=1S/C15H14N3O6P/c1-2-22-13(16)9-5-6-10(12(8-9)24-25(19,20)21)15-18-14-11(23-15)4-3-7-17-14/h3-8,16H,2H2,1H3,(H2,19,20,21). The second-order valence-corrected chi connectivity index (χ2v) is 6.06. The third kappa shape index (κ3) is 3.85. The molecular weight excluding hydrogens is 349 g/mol. The first kappa shape index (κ1) is 17.1. The number of ether oxygens (including phenoxy) is 1. The maximum Gasteiger partial charge on any atom is 0.524 e. The maximum atomic E-state index is 11.3. The predicted octanol–water partition coefficient (Wildman–Crippen LogP) is 2.72. The predicted molar refractivity (Wildman–Crippen MR) is 88.4 cm³/mol. The highest BCUT2D eigenvalue weighted by atomic mass is 31.2. The number of oxazole rings is 1. The maximum absolute atomic E-state index is 11.3. The lowest BCUT2D eigenvalue weighted by atomic mass is 10.1. The number of aromatic nitrogens is 2. The molecule has 3 N–H and O–H groups in total. The van der Waals surface area contributed by atoms with Gasteiger partial charge in [0.05, 0.1) is 12.2 Å². The van der Waals surface area contributed by atoms with Gasteiger partial charge in [-0.25, -0.2) is 9.55 Å². The van der Waals surface area contributed by atoms with E-state index in [1.54, 1.807) is 31.3 Å². The summed E-state index contributed by atoms with van der Waals surface area (Å²) in [5, 5.41) is 7.80. The van der Waals surface area contributed by atoms with Gasteiger partial charge in [0.2, 0.25) is 11.8 Å². The van der Waals surface area contributed by atoms with Crippen LogP contribution in [0.5, 0.6) is 5.75 Å². The van der Waals surface area contributed by atoms with Crippen molar-refractivity contribution in [3.05, 3.63) is 42.1 Å². The van der Waals surface area contributed by atoms with Gasteiger partial charge < -0.3 is 13.7 Å². The molecule has 0 amide bonds. The summed E-state index contributed by atoms with van der Waals surface area (Å²) in [6.45, 7) is 2.01. The average Bonchev–Trinajstić information content (AvgIpc) is 2.97. The monoisotopic (exact) mass is 363 g/mol. The van der Waals surface area contributed by atoms with E-state index in [2.05, 4.69) is 9.97 Å². The largest absolute Gasteiger partial charge is 0.524 e. The summed E-state index contributed by atoms with van der Waals surface area (Å²) in [4.78, 5) is 26.5. The average molecular weight is 363 g/mol. The van der Waals surface area contributed by atoms with Gasteiger partial charge in [0.15, 0.2) is 11.2 Å². The second kappa shape index (κ2) is 6.64. The third-order valence-electron chi connectivity index (χ3n) is 3.15. The van der Waals surface area contributed by atoms with E-state index in [-0.39, 0.29) is 29.7 Å². The number of phosphoric ester groups is 1. The van der Waals surface area contributed by atoms with Gasteiger partial charge in [-0.3, -0.25) is 15.2 Å². The minimum absolute atomic E-state index is 0.0895. The fourth-order valence-corrected chi connectivity index (χ4v) is 2.56. The van der Waals surface area contributed by atoms with Gasteiger partial charge in [0, 0.05) is 11.8 Å². The first-order valence-electron chi connectivity index (χ1n) is 7.20. The van der Waals surface area contributed by atoms with Gasteiger partial charge in [-0.05, 0) is 37.3 Å². The van der Waals surface area contributed by atoms with E-state index in [1.165, 1.54) is 12.1 Å². The van der Waals surface area contributed by atoms with Crippen molar-refractivity contribution >= 4 is 25.0 Å². The highest BCUT2D eigenvalue weighted by Gasteiger charge is 2.23. The van der Waals surface area contributed by atoms with E-state index in [1.807, 2.05) is 0 Å². The Morgan fingerprint density at radius 2 is 2.16 bits per heavy atom. The van der Waals surface area contributed by atoms with Gasteiger partial charge in [0.1, 0.15) is 5.75 Å². The van der Waals surface area contributed by atoms with Crippen molar-refractivity contribution in [1.29, 1.82) is 5.41 Å². The molecule has 0 unspecified atom stereocenters. The molecule has 0 saturated carbocycles. The van der Waals surface area contributed by atoms with Crippen LogP contribution < -0.4 is 4.52 Å². The molecule has 0 spiro atoms. The number of rotatable bonds is 5. The van der Waals surface area contributed by atoms with Gasteiger partial charge in [-0.15, -0.1) is 0 Å². The molecule has 0 aliphatic heterocycles. The molecule has 1 aromatic carbocycles. The van der Waals surface area contributed by atoms with E-state index in [0.717, 1.165) is 0 Å². The van der Waals surface area contributed by atoms with Crippen LogP contribution in [-0.4, -0.2) is 32.3 Å². The number of pyridine rings is 1. The molecule has 0 bridgehead atoms. The molecule has 0 saturated heterocycles. The Bertz CT molecular complexity index is 947. The van der Waals surface area contributed by atoms with Crippen LogP contribution in [0.2, 0.25) is 0 Å². The Labute approximate surface area is 142 Å². The molecule has 3 rings (SSSR count). The fourth-order valence-electron chi connectivity index (χ4n) is 2.16. The molecule has 0 fully saturated rings. The van der Waals surface area contributed by atoms with Crippen molar-refractivity contribution in [2.75, 3.05) is 6.61 Å². The summed E-state index contributed by atoms with van der Waals surface area (Å²) in [5.41, 5.74) is 1.29. The molecule has 2 aromatic heterocycles. The Morgan fingerprint density at radius 3 is 2.84 bits per heavy atom. The number of hydrogen-bond donors (Lipinski definition) is 3. The summed E-state index contributed by atoms with van der Waals surface area (Å²) < 4.78 is 26.7. The molecule has 2 heterocycles. The van der Waals surface area contributed by atoms with Crippen molar-refractivity contribution in [3.63, 3.8) is 0 Å². The zero-order valence-electron chi connectivity index (χ0n) is 13.0. The molecule has 130 valence electrons. The lowest BCUT2D eigenvalue weighted by Crippen LogP contribution is -2.05. The fraction of sp³-hybridized carbons (Fsp3) is 0.133. The molecule has 0 radical (unpaired) electrons. The first-order chi connectivity index (χ1) is 11.9. The number of nitrogens with one attached hydrogen (secondary N) is 1. The van der Waals surface area contributed by atoms with Crippen molar-refractivity contribution < 1.29 is 28.0 Å². The summed E-state index contributed by atoms with van der Waals surface area (Å²) in [6, 6.07) is 7.66. The van der Waals surface area contributed by atoms with Crippen LogP contribution in [-0.2, 0) is 9.30 Å². The quantitative estimate of drug-likeness (QED) is 0.357. The summed E-state index contributed by atoms with van der Waals surface area (Å²) in [7, 11) is -4.83. The van der Waals surface area contributed by atoms with Crippen LogP contribution in [0, 0.1) is 5.41 Å². The SMILES string of the molecule is CCOC(=N)c1ccc(-c2nc3ncccc3o2)c(OP(=O)(O)O)c1. The zero-order valence-corrected chi connectivity index (χ0v) is 13.9. The van der Waals surface area contributed by atoms with Crippen LogP contribution in [0.1, 0.15) is 12.5 Å². The highest BCUT2D eigenvalue weighted by molar-refractivity contribution is 7.46. The number of nitrogens with zero attached hydrogens (tertiary/aromatic N) is 2. The van der Waals surface area contributed by atoms with E-state index < -0.39 is 7.82 Å². The summed E-state index contributed by atoms with van der Waals surface area (Å²) in [5.74, 6) is -0.239. The Hall–Kier alpha value is -2.74. The van der Waals surface area contributed by atoms with E-state index >= 15 is 0 Å². The zero-order chi connectivity index (χ0) is 18.0. The smallest absolute Gasteiger partial charge is 0.478 e. The molecule has 0 atom stereocenters. The first-order valence-corrected chi connectivity index (χ1v) is 8.73. The van der Waals surface area contributed by atoms with Gasteiger partial charge in [-0.1, -0.05) is 0 Å². The van der Waals surface area contributed by atoms with Gasteiger partial charge >= 0.3 is 7.82 Å². The molecular formula is C15H14N3O6P. The molecule has 25 heavy (non-hydrogen) atoms. The Morgan fingerprint density at radius 1 is 1.36 bits per heavy atom. The van der Waals surface area contributed by atoms with Crippen molar-refractivity contribution in [1.82, 2.24) is 9.97 Å². The van der Waals surface area contributed by atoms with Crippen LogP contribution in [0.15, 0.2) is 40.9 Å². The number of phosphoric acid groups is 1. The van der Waals surface area contributed by atoms with Crippen LogP contribution in [0.3, 0.4) is 0 Å². The highest BCUT2D eigenvalue weighted by Crippen LogP contribution is 2.42. The summed E-state index contributed by atoms with van der Waals surface area (Å²) >= 11 is 0. The van der Waals surface area contributed by atoms with E-state index in [4.69, 9.17) is 28.9 Å². The second-order valence-electron chi connectivity index (χ2n) is 4.90. The normalized spacial score (nSPS) is 11.5. The van der Waals surface area contributed by atoms with E-state index in [9.17, 15) is 4.57 Å². The molecule has 10 heteroatoms. The third-order valence-corrected chi connectivity index (χ3v) is 3.58. The van der Waals surface area contributed by atoms with Crippen molar-refractivity contribution in [2.24, 2.45) is 0 Å². The van der Waals surface area contributed by atoms with E-state index in [0.29, 0.717) is 16.8 Å². The van der Waals surface area contributed by atoms with Crippen LogP contribution >= 0.6 is 7.82 Å². The van der Waals surface area contributed by atoms with Crippen molar-refractivity contribution in [3.8, 4) is 17.2 Å². The minimum Gasteiger partial charge on any atom is -0.478 e. The Kier molecular flexibility index (Phi) is 4.54. The lowest BCUT2D eigenvalue weighted by Gasteiger charge is -2.12. The minimum atomic E-state index is -4.83. The molecule has 0 aliphatic carbocycles. The van der Waals surface area contributed by atoms with Gasteiger partial charge in [0.25, 0.3) is 0 Å². The summed E-state index contributed by atoms with van der Waals surface area (Å²) in [6.07, 6.45) is 1.55. The molecule has 9 nitrogen and oxygen atoms in total. The Balaban J connectivity index is 2.10. The lowest BCUT2D eigenvalue weighted by molar-refractivity contribution is 0.283.